The van der Waals surface area contributed by atoms with Gasteiger partial charge in [0.2, 0.25) is 11.8 Å². The second kappa shape index (κ2) is 11.0. The molecule has 2 fully saturated rings. The third-order valence-corrected chi connectivity index (χ3v) is 7.52. The second-order valence-electron chi connectivity index (χ2n) is 9.87. The van der Waals surface area contributed by atoms with Gasteiger partial charge in [-0.25, -0.2) is 4.79 Å². The van der Waals surface area contributed by atoms with Crippen LogP contribution in [0.2, 0.25) is 0 Å². The van der Waals surface area contributed by atoms with E-state index in [9.17, 15) is 19.2 Å². The van der Waals surface area contributed by atoms with Crippen molar-refractivity contribution in [3.8, 4) is 0 Å². The Morgan fingerprint density at radius 1 is 0.895 bits per heavy atom. The van der Waals surface area contributed by atoms with Gasteiger partial charge in [-0.2, -0.15) is 0 Å². The Morgan fingerprint density at radius 3 is 2.37 bits per heavy atom. The summed E-state index contributed by atoms with van der Waals surface area (Å²) in [5, 5.41) is 2.70. The summed E-state index contributed by atoms with van der Waals surface area (Å²) in [7, 11) is 0. The number of ether oxygens (including phenoxy) is 1. The molecular weight excluding hydrogens is 480 g/mol. The highest BCUT2D eigenvalue weighted by atomic mass is 16.5. The Bertz CT molecular complexity index is 1350. The number of carbonyl (C=O) groups is 4. The molecule has 7 heteroatoms. The van der Waals surface area contributed by atoms with Crippen LogP contribution in [0, 0.1) is 11.8 Å². The lowest BCUT2D eigenvalue weighted by Crippen LogP contribution is -2.31. The number of anilines is 2. The Hall–Kier alpha value is -4.26. The Balaban J connectivity index is 1.23. The van der Waals surface area contributed by atoms with Gasteiger partial charge in [0.1, 0.15) is 0 Å². The summed E-state index contributed by atoms with van der Waals surface area (Å²) in [4.78, 5) is 52.8. The number of rotatable bonds is 7. The summed E-state index contributed by atoms with van der Waals surface area (Å²) in [6, 6.07) is 23.8. The zero-order chi connectivity index (χ0) is 26.6. The molecular formula is C31H30N2O5. The molecule has 0 bridgehead atoms. The van der Waals surface area contributed by atoms with E-state index in [1.165, 1.54) is 22.6 Å². The van der Waals surface area contributed by atoms with Crippen LogP contribution in [0.1, 0.15) is 53.6 Å². The first-order chi connectivity index (χ1) is 18.4. The minimum Gasteiger partial charge on any atom is -0.452 e. The van der Waals surface area contributed by atoms with Crippen molar-refractivity contribution >= 4 is 35.1 Å². The van der Waals surface area contributed by atoms with Crippen LogP contribution >= 0.6 is 0 Å². The molecule has 1 saturated carbocycles. The smallest absolute Gasteiger partial charge is 0.338 e. The molecule has 0 spiro atoms. The molecule has 3 atom stereocenters. The van der Waals surface area contributed by atoms with E-state index in [0.29, 0.717) is 24.2 Å². The molecule has 7 nitrogen and oxygen atoms in total. The number of nitrogens with zero attached hydrogens (tertiary/aromatic N) is 1. The van der Waals surface area contributed by atoms with Crippen LogP contribution in [-0.2, 0) is 25.5 Å². The topological polar surface area (TPSA) is 92.8 Å². The van der Waals surface area contributed by atoms with E-state index in [2.05, 4.69) is 17.4 Å². The average molecular weight is 511 g/mol. The predicted octanol–water partition coefficient (Wildman–Crippen LogP) is 5.12. The van der Waals surface area contributed by atoms with Crippen molar-refractivity contribution in [2.24, 2.45) is 11.8 Å². The van der Waals surface area contributed by atoms with Gasteiger partial charge in [0.05, 0.1) is 23.1 Å². The fourth-order valence-corrected chi connectivity index (χ4v) is 5.47. The van der Waals surface area contributed by atoms with E-state index in [1.807, 2.05) is 37.3 Å². The summed E-state index contributed by atoms with van der Waals surface area (Å²) < 4.78 is 5.20. The van der Waals surface area contributed by atoms with Gasteiger partial charge >= 0.3 is 5.97 Å². The van der Waals surface area contributed by atoms with Crippen LogP contribution < -0.4 is 10.2 Å². The van der Waals surface area contributed by atoms with Crippen LogP contribution in [0.25, 0.3) is 0 Å². The van der Waals surface area contributed by atoms with Crippen molar-refractivity contribution in [1.29, 1.82) is 0 Å². The normalized spacial score (nSPS) is 20.7. The van der Waals surface area contributed by atoms with Gasteiger partial charge in [0.15, 0.2) is 6.61 Å². The highest BCUT2D eigenvalue weighted by Gasteiger charge is 2.50. The van der Waals surface area contributed by atoms with Gasteiger partial charge in [-0.15, -0.1) is 0 Å². The molecule has 3 aromatic rings. The molecule has 1 aliphatic heterocycles. The number of fused-ring (bicyclic) bond motifs is 1. The number of hydrogen-bond acceptors (Lipinski definition) is 5. The standard InChI is InChI=1S/C31H30N2O5/c1-2-20-11-14-24(15-12-20)32-28(34)19-38-31(37)23-9-6-10-25(17-23)33-29(35)26-16-13-22(18-27(26)30(33)36)21-7-4-3-5-8-21/h3-12,14-15,17,22,26-27H,2,13,16,18-19H2,1H3,(H,32,34)/t22-,26+,27-/m0/s1. The van der Waals surface area contributed by atoms with Crippen molar-refractivity contribution in [3.63, 3.8) is 0 Å². The molecule has 5 rings (SSSR count). The molecule has 194 valence electrons. The zero-order valence-electron chi connectivity index (χ0n) is 21.3. The molecule has 0 aromatic heterocycles. The Labute approximate surface area is 221 Å². The van der Waals surface area contributed by atoms with Gasteiger partial charge in [-0.1, -0.05) is 55.5 Å². The lowest BCUT2D eigenvalue weighted by Gasteiger charge is -2.28. The first-order valence-electron chi connectivity index (χ1n) is 13.0. The van der Waals surface area contributed by atoms with Gasteiger partial charge in [-0.05, 0) is 73.1 Å². The number of hydrogen-bond donors (Lipinski definition) is 1. The van der Waals surface area contributed by atoms with Crippen molar-refractivity contribution in [2.45, 2.75) is 38.5 Å². The largest absolute Gasteiger partial charge is 0.452 e. The van der Waals surface area contributed by atoms with Crippen LogP contribution in [0.5, 0.6) is 0 Å². The van der Waals surface area contributed by atoms with E-state index in [0.717, 1.165) is 18.4 Å². The van der Waals surface area contributed by atoms with Crippen molar-refractivity contribution in [2.75, 3.05) is 16.8 Å². The number of carbonyl (C=O) groups excluding carboxylic acids is 4. The van der Waals surface area contributed by atoms with E-state index in [1.54, 1.807) is 24.3 Å². The summed E-state index contributed by atoms with van der Waals surface area (Å²) in [6.07, 6.45) is 3.04. The number of imide groups is 1. The van der Waals surface area contributed by atoms with Crippen molar-refractivity contribution < 1.29 is 23.9 Å². The summed E-state index contributed by atoms with van der Waals surface area (Å²) in [5.41, 5.74) is 3.48. The van der Waals surface area contributed by atoms with Crippen LogP contribution in [0.15, 0.2) is 78.9 Å². The second-order valence-corrected chi connectivity index (χ2v) is 9.87. The predicted molar refractivity (Wildman–Crippen MR) is 144 cm³/mol. The summed E-state index contributed by atoms with van der Waals surface area (Å²) >= 11 is 0. The highest BCUT2D eigenvalue weighted by Crippen LogP contribution is 2.45. The molecule has 0 radical (unpaired) electrons. The van der Waals surface area contributed by atoms with Gasteiger partial charge in [0, 0.05) is 5.69 Å². The van der Waals surface area contributed by atoms with Crippen LogP contribution in [0.4, 0.5) is 11.4 Å². The summed E-state index contributed by atoms with van der Waals surface area (Å²) in [5.74, 6) is -2.07. The third-order valence-electron chi connectivity index (χ3n) is 7.52. The SMILES string of the molecule is CCc1ccc(NC(=O)COC(=O)c2cccc(N3C(=O)[C@H]4C[C@@H](c5ccccc5)CC[C@H]4C3=O)c2)cc1. The lowest BCUT2D eigenvalue weighted by molar-refractivity contribution is -0.122. The Kier molecular flexibility index (Phi) is 7.36. The maximum Gasteiger partial charge on any atom is 0.338 e. The van der Waals surface area contributed by atoms with E-state index < -0.39 is 18.5 Å². The van der Waals surface area contributed by atoms with Gasteiger partial charge in [-0.3, -0.25) is 19.3 Å². The first-order valence-corrected chi connectivity index (χ1v) is 13.0. The molecule has 1 saturated heterocycles. The Morgan fingerprint density at radius 2 is 1.63 bits per heavy atom. The van der Waals surface area contributed by atoms with E-state index in [-0.39, 0.29) is 35.1 Å². The van der Waals surface area contributed by atoms with Gasteiger partial charge < -0.3 is 10.1 Å². The fraction of sp³-hybridized carbons (Fsp3) is 0.290. The fourth-order valence-electron chi connectivity index (χ4n) is 5.47. The van der Waals surface area contributed by atoms with Crippen LogP contribution in [0.3, 0.4) is 0 Å². The average Bonchev–Trinajstić information content (AvgIpc) is 3.21. The molecule has 0 unspecified atom stereocenters. The van der Waals surface area contributed by atoms with Crippen molar-refractivity contribution in [1.82, 2.24) is 0 Å². The number of amides is 3. The maximum atomic E-state index is 13.4. The first kappa shape index (κ1) is 25.4. The number of esters is 1. The summed E-state index contributed by atoms with van der Waals surface area (Å²) in [6.45, 7) is 1.59. The molecule has 1 heterocycles. The monoisotopic (exact) mass is 510 g/mol. The minimum atomic E-state index is -0.705. The molecule has 3 amide bonds. The lowest BCUT2D eigenvalue weighted by atomic mass is 9.73. The molecule has 3 aromatic carbocycles. The zero-order valence-corrected chi connectivity index (χ0v) is 21.3. The third kappa shape index (κ3) is 5.23. The molecule has 38 heavy (non-hydrogen) atoms. The number of nitrogens with one attached hydrogen (secondary N) is 1. The maximum absolute atomic E-state index is 13.4. The molecule has 2 aliphatic rings. The number of benzene rings is 3. The highest BCUT2D eigenvalue weighted by molar-refractivity contribution is 6.22. The minimum absolute atomic E-state index is 0.167. The van der Waals surface area contributed by atoms with Gasteiger partial charge in [0.25, 0.3) is 5.91 Å². The van der Waals surface area contributed by atoms with Crippen molar-refractivity contribution in [3.05, 3.63) is 95.6 Å². The van der Waals surface area contributed by atoms with E-state index in [4.69, 9.17) is 4.74 Å². The van der Waals surface area contributed by atoms with E-state index >= 15 is 0 Å². The van der Waals surface area contributed by atoms with Crippen LogP contribution in [-0.4, -0.2) is 30.3 Å². The number of aryl methyl sites for hydroxylation is 1. The molecule has 1 N–H and O–H groups in total. The quantitative estimate of drug-likeness (QED) is 0.352. The molecule has 1 aliphatic carbocycles.